The van der Waals surface area contributed by atoms with Gasteiger partial charge in [0.05, 0.1) is 6.10 Å². The van der Waals surface area contributed by atoms with Crippen LogP contribution in [0.4, 0.5) is 0 Å². The molecular weight excluding hydrogens is 314 g/mol. The maximum Gasteiger partial charge on any atom is 0.122 e. The van der Waals surface area contributed by atoms with E-state index in [0.717, 1.165) is 24.2 Å². The van der Waals surface area contributed by atoms with Gasteiger partial charge in [0.25, 0.3) is 0 Å². The van der Waals surface area contributed by atoms with Crippen molar-refractivity contribution in [2.75, 3.05) is 13.2 Å². The SMILES string of the molecule is Cc1cc(C)c(C)c(OC[C@H](O)CN2C(C)(C)CC(O)CC2(C)C)c1. The Labute approximate surface area is 152 Å². The Kier molecular flexibility index (Phi) is 5.87. The van der Waals surface area contributed by atoms with E-state index < -0.39 is 6.10 Å². The Morgan fingerprint density at radius 2 is 1.68 bits per heavy atom. The first kappa shape index (κ1) is 20.2. The highest BCUT2D eigenvalue weighted by Crippen LogP contribution is 2.38. The molecule has 1 aromatic rings. The number of piperidine rings is 1. The Hall–Kier alpha value is -1.10. The van der Waals surface area contributed by atoms with Gasteiger partial charge in [-0.2, -0.15) is 0 Å². The molecule has 0 saturated carbocycles. The van der Waals surface area contributed by atoms with Crippen LogP contribution in [-0.2, 0) is 0 Å². The Morgan fingerprint density at radius 3 is 2.24 bits per heavy atom. The summed E-state index contributed by atoms with van der Waals surface area (Å²) in [6, 6.07) is 4.17. The van der Waals surface area contributed by atoms with E-state index in [9.17, 15) is 10.2 Å². The summed E-state index contributed by atoms with van der Waals surface area (Å²) in [5, 5.41) is 20.7. The van der Waals surface area contributed by atoms with Gasteiger partial charge >= 0.3 is 0 Å². The van der Waals surface area contributed by atoms with Crippen molar-refractivity contribution in [3.63, 3.8) is 0 Å². The van der Waals surface area contributed by atoms with Crippen LogP contribution in [0.2, 0.25) is 0 Å². The van der Waals surface area contributed by atoms with Crippen LogP contribution in [-0.4, -0.2) is 51.6 Å². The van der Waals surface area contributed by atoms with Gasteiger partial charge in [0.15, 0.2) is 0 Å². The van der Waals surface area contributed by atoms with Crippen molar-refractivity contribution in [1.29, 1.82) is 0 Å². The van der Waals surface area contributed by atoms with Crippen molar-refractivity contribution in [2.24, 2.45) is 0 Å². The highest BCUT2D eigenvalue weighted by atomic mass is 16.5. The molecule has 0 bridgehead atoms. The second kappa shape index (κ2) is 7.26. The summed E-state index contributed by atoms with van der Waals surface area (Å²) in [5.41, 5.74) is 3.19. The maximum atomic E-state index is 10.6. The lowest BCUT2D eigenvalue weighted by molar-refractivity contribution is -0.1000. The normalized spacial score (nSPS) is 22.0. The van der Waals surface area contributed by atoms with E-state index in [4.69, 9.17) is 4.74 Å². The third-order valence-electron chi connectivity index (χ3n) is 5.52. The third kappa shape index (κ3) is 4.75. The quantitative estimate of drug-likeness (QED) is 0.856. The summed E-state index contributed by atoms with van der Waals surface area (Å²) in [7, 11) is 0. The zero-order chi connectivity index (χ0) is 19.0. The lowest BCUT2D eigenvalue weighted by atomic mass is 9.78. The number of aliphatic hydroxyl groups excluding tert-OH is 2. The number of benzene rings is 1. The number of aliphatic hydroxyl groups is 2. The van der Waals surface area contributed by atoms with Crippen molar-refractivity contribution in [3.05, 3.63) is 28.8 Å². The number of nitrogens with zero attached hydrogens (tertiary/aromatic N) is 1. The lowest BCUT2D eigenvalue weighted by Crippen LogP contribution is -2.63. The average Bonchev–Trinajstić information content (AvgIpc) is 2.44. The average molecular weight is 350 g/mol. The number of hydrogen-bond acceptors (Lipinski definition) is 4. The van der Waals surface area contributed by atoms with Crippen molar-refractivity contribution < 1.29 is 14.9 Å². The van der Waals surface area contributed by atoms with Crippen LogP contribution < -0.4 is 4.74 Å². The first-order valence-corrected chi connectivity index (χ1v) is 9.27. The summed E-state index contributed by atoms with van der Waals surface area (Å²) >= 11 is 0. The molecule has 0 aromatic heterocycles. The lowest BCUT2D eigenvalue weighted by Gasteiger charge is -2.55. The molecule has 0 radical (unpaired) electrons. The van der Waals surface area contributed by atoms with Gasteiger partial charge in [-0.3, -0.25) is 4.90 Å². The summed E-state index contributed by atoms with van der Waals surface area (Å²) < 4.78 is 5.93. The zero-order valence-corrected chi connectivity index (χ0v) is 16.9. The molecular formula is C21H35NO3. The van der Waals surface area contributed by atoms with E-state index >= 15 is 0 Å². The fourth-order valence-electron chi connectivity index (χ4n) is 4.36. The molecule has 0 unspecified atom stereocenters. The molecule has 2 rings (SSSR count). The predicted molar refractivity (Wildman–Crippen MR) is 102 cm³/mol. The minimum atomic E-state index is -0.575. The maximum absolute atomic E-state index is 10.6. The van der Waals surface area contributed by atoms with E-state index in [-0.39, 0.29) is 23.8 Å². The summed E-state index contributed by atoms with van der Waals surface area (Å²) in [6.07, 6.45) is 0.585. The van der Waals surface area contributed by atoms with Gasteiger partial charge in [-0.15, -0.1) is 0 Å². The fourth-order valence-corrected chi connectivity index (χ4v) is 4.36. The smallest absolute Gasteiger partial charge is 0.122 e. The first-order valence-electron chi connectivity index (χ1n) is 9.27. The monoisotopic (exact) mass is 349 g/mol. The molecule has 1 aliphatic heterocycles. The second-order valence-corrected chi connectivity index (χ2v) is 8.97. The molecule has 4 heteroatoms. The van der Waals surface area contributed by atoms with Crippen LogP contribution >= 0.6 is 0 Å². The highest BCUT2D eigenvalue weighted by molar-refractivity contribution is 5.41. The molecule has 0 spiro atoms. The van der Waals surface area contributed by atoms with Crippen molar-refractivity contribution in [1.82, 2.24) is 4.90 Å². The van der Waals surface area contributed by atoms with Gasteiger partial charge in [-0.05, 0) is 84.1 Å². The Bertz CT molecular complexity index is 591. The van der Waals surface area contributed by atoms with Gasteiger partial charge in [0.1, 0.15) is 18.5 Å². The molecule has 0 aliphatic carbocycles. The molecule has 25 heavy (non-hydrogen) atoms. The van der Waals surface area contributed by atoms with E-state index in [1.54, 1.807) is 0 Å². The van der Waals surface area contributed by atoms with Gasteiger partial charge in [-0.1, -0.05) is 6.07 Å². The number of β-amino-alcohol motifs (C(OH)–C–C–N with tert-alkyl or cyclic N) is 1. The van der Waals surface area contributed by atoms with Gasteiger partial charge in [0, 0.05) is 17.6 Å². The fraction of sp³-hybridized carbons (Fsp3) is 0.714. The second-order valence-electron chi connectivity index (χ2n) is 8.97. The number of aryl methyl sites for hydroxylation is 2. The number of rotatable bonds is 5. The van der Waals surface area contributed by atoms with Gasteiger partial charge < -0.3 is 14.9 Å². The Morgan fingerprint density at radius 1 is 1.12 bits per heavy atom. The molecule has 1 atom stereocenters. The van der Waals surface area contributed by atoms with E-state index in [2.05, 4.69) is 59.4 Å². The van der Waals surface area contributed by atoms with Crippen molar-refractivity contribution >= 4 is 0 Å². The van der Waals surface area contributed by atoms with Crippen LogP contribution in [0.3, 0.4) is 0 Å². The number of ether oxygens (including phenoxy) is 1. The molecule has 1 saturated heterocycles. The Balaban J connectivity index is 2.03. The van der Waals surface area contributed by atoms with Crippen molar-refractivity contribution in [2.45, 2.75) is 84.6 Å². The first-order chi connectivity index (χ1) is 11.4. The zero-order valence-electron chi connectivity index (χ0n) is 16.9. The summed E-state index contributed by atoms with van der Waals surface area (Å²) in [4.78, 5) is 2.31. The molecule has 2 N–H and O–H groups in total. The third-order valence-corrected chi connectivity index (χ3v) is 5.52. The number of likely N-dealkylation sites (tertiary alicyclic amines) is 1. The van der Waals surface area contributed by atoms with Crippen LogP contribution in [0.15, 0.2) is 12.1 Å². The topological polar surface area (TPSA) is 52.9 Å². The molecule has 1 heterocycles. The minimum Gasteiger partial charge on any atom is -0.491 e. The molecule has 1 aromatic carbocycles. The molecule has 4 nitrogen and oxygen atoms in total. The summed E-state index contributed by atoms with van der Waals surface area (Å²) in [6.45, 7) is 15.5. The standard InChI is InChI=1S/C21H35NO3/c1-14-8-15(2)16(3)19(9-14)25-13-18(24)12-22-20(4,5)10-17(23)11-21(22,6)7/h8-9,17-18,23-24H,10-13H2,1-7H3/t18-/m1/s1. The minimum absolute atomic E-state index is 0.155. The van der Waals surface area contributed by atoms with Gasteiger partial charge in [0.2, 0.25) is 0 Å². The highest BCUT2D eigenvalue weighted by Gasteiger charge is 2.45. The predicted octanol–water partition coefficient (Wildman–Crippen LogP) is 3.37. The summed E-state index contributed by atoms with van der Waals surface area (Å²) in [5.74, 6) is 0.851. The molecule has 142 valence electrons. The van der Waals surface area contributed by atoms with E-state index in [1.165, 1.54) is 11.1 Å². The van der Waals surface area contributed by atoms with Gasteiger partial charge in [-0.25, -0.2) is 0 Å². The molecule has 1 aliphatic rings. The van der Waals surface area contributed by atoms with Crippen LogP contribution in [0.25, 0.3) is 0 Å². The van der Waals surface area contributed by atoms with Crippen LogP contribution in [0.1, 0.15) is 57.2 Å². The van der Waals surface area contributed by atoms with E-state index in [0.29, 0.717) is 6.54 Å². The van der Waals surface area contributed by atoms with Crippen LogP contribution in [0.5, 0.6) is 5.75 Å². The van der Waals surface area contributed by atoms with E-state index in [1.807, 2.05) is 6.07 Å². The number of hydrogen-bond donors (Lipinski definition) is 2. The molecule has 0 amide bonds. The largest absolute Gasteiger partial charge is 0.491 e. The molecule has 1 fully saturated rings. The van der Waals surface area contributed by atoms with Crippen molar-refractivity contribution in [3.8, 4) is 5.75 Å². The van der Waals surface area contributed by atoms with Crippen LogP contribution in [0, 0.1) is 20.8 Å².